The number of benzene rings is 1. The van der Waals surface area contributed by atoms with E-state index < -0.39 is 0 Å². The van der Waals surface area contributed by atoms with Gasteiger partial charge < -0.3 is 10.4 Å². The van der Waals surface area contributed by atoms with Crippen molar-refractivity contribution < 1.29 is 5.11 Å². The van der Waals surface area contributed by atoms with E-state index in [4.69, 9.17) is 0 Å². The molecule has 1 aromatic carbocycles. The molecule has 0 bridgehead atoms. The van der Waals surface area contributed by atoms with E-state index in [1.54, 1.807) is 0 Å². The standard InChI is InChI=1S/C21H34N2O/c1-20(2,3)16-11-15(19(24)18(12-16)21(4,5)6)13-22-14-17-9-7-8-10-23-17/h11-13,17,23-24H,7-10,14H2,1-6H3/t17-/m1/s1. The van der Waals surface area contributed by atoms with Gasteiger partial charge in [-0.1, -0.05) is 54.0 Å². The lowest BCUT2D eigenvalue weighted by atomic mass is 9.79. The minimum Gasteiger partial charge on any atom is -0.507 e. The molecule has 1 fully saturated rings. The van der Waals surface area contributed by atoms with Gasteiger partial charge in [0.1, 0.15) is 5.75 Å². The molecule has 1 aromatic rings. The van der Waals surface area contributed by atoms with Crippen LogP contribution in [0.15, 0.2) is 17.1 Å². The zero-order valence-corrected chi connectivity index (χ0v) is 16.2. The smallest absolute Gasteiger partial charge is 0.128 e. The van der Waals surface area contributed by atoms with Crippen LogP contribution < -0.4 is 5.32 Å². The Balaban J connectivity index is 2.30. The second-order valence-electron chi connectivity index (χ2n) is 9.10. The van der Waals surface area contributed by atoms with Crippen molar-refractivity contribution >= 4 is 6.21 Å². The largest absolute Gasteiger partial charge is 0.507 e. The van der Waals surface area contributed by atoms with Crippen molar-refractivity contribution in [1.82, 2.24) is 5.32 Å². The normalized spacial score (nSPS) is 19.8. The monoisotopic (exact) mass is 330 g/mol. The number of hydrogen-bond acceptors (Lipinski definition) is 3. The number of piperidine rings is 1. The van der Waals surface area contributed by atoms with E-state index in [1.807, 2.05) is 6.21 Å². The molecule has 0 unspecified atom stereocenters. The van der Waals surface area contributed by atoms with E-state index in [1.165, 1.54) is 24.8 Å². The molecule has 1 aliphatic rings. The van der Waals surface area contributed by atoms with Gasteiger partial charge in [0.15, 0.2) is 0 Å². The maximum atomic E-state index is 10.7. The van der Waals surface area contributed by atoms with Gasteiger partial charge in [-0.3, -0.25) is 4.99 Å². The highest BCUT2D eigenvalue weighted by atomic mass is 16.3. The minimum absolute atomic E-state index is 0.0429. The van der Waals surface area contributed by atoms with Crippen molar-refractivity contribution in [2.24, 2.45) is 4.99 Å². The Bertz CT molecular complexity index is 585. The fourth-order valence-electron chi connectivity index (χ4n) is 3.12. The van der Waals surface area contributed by atoms with Crippen LogP contribution in [0.1, 0.15) is 77.5 Å². The summed E-state index contributed by atoms with van der Waals surface area (Å²) in [5.74, 6) is 0.371. The van der Waals surface area contributed by atoms with Gasteiger partial charge in [0, 0.05) is 23.4 Å². The van der Waals surface area contributed by atoms with Crippen LogP contribution in [-0.2, 0) is 10.8 Å². The third-order valence-electron chi connectivity index (χ3n) is 4.78. The molecule has 24 heavy (non-hydrogen) atoms. The number of nitrogens with zero attached hydrogens (tertiary/aromatic N) is 1. The van der Waals surface area contributed by atoms with E-state index in [-0.39, 0.29) is 10.8 Å². The molecule has 1 saturated heterocycles. The number of aliphatic imine (C=N–C) groups is 1. The summed E-state index contributed by atoms with van der Waals surface area (Å²) >= 11 is 0. The lowest BCUT2D eigenvalue weighted by molar-refractivity contribution is 0.408. The molecule has 2 rings (SSSR count). The Morgan fingerprint density at radius 1 is 1.12 bits per heavy atom. The Morgan fingerprint density at radius 2 is 1.83 bits per heavy atom. The van der Waals surface area contributed by atoms with Crippen molar-refractivity contribution in [3.8, 4) is 5.75 Å². The molecule has 1 heterocycles. The number of aromatic hydroxyl groups is 1. The summed E-state index contributed by atoms with van der Waals surface area (Å²) in [5.41, 5.74) is 3.01. The van der Waals surface area contributed by atoms with Crippen LogP contribution in [-0.4, -0.2) is 30.5 Å². The predicted octanol–water partition coefficient (Wildman–Crippen LogP) is 4.55. The van der Waals surface area contributed by atoms with E-state index in [2.05, 4.69) is 64.0 Å². The zero-order valence-electron chi connectivity index (χ0n) is 16.2. The third kappa shape index (κ3) is 4.83. The predicted molar refractivity (Wildman–Crippen MR) is 104 cm³/mol. The molecule has 0 aliphatic carbocycles. The maximum Gasteiger partial charge on any atom is 0.128 e. The first-order valence-electron chi connectivity index (χ1n) is 9.20. The van der Waals surface area contributed by atoms with Gasteiger partial charge in [-0.15, -0.1) is 0 Å². The first kappa shape index (κ1) is 19.0. The van der Waals surface area contributed by atoms with Gasteiger partial charge in [0.25, 0.3) is 0 Å². The molecule has 2 N–H and O–H groups in total. The molecule has 134 valence electrons. The molecule has 1 aliphatic heterocycles. The van der Waals surface area contributed by atoms with Crippen molar-refractivity contribution in [1.29, 1.82) is 0 Å². The lowest BCUT2D eigenvalue weighted by Crippen LogP contribution is -2.36. The summed E-state index contributed by atoms with van der Waals surface area (Å²) in [6, 6.07) is 4.71. The Hall–Kier alpha value is -1.35. The van der Waals surface area contributed by atoms with E-state index in [0.29, 0.717) is 11.8 Å². The van der Waals surface area contributed by atoms with Gasteiger partial charge in [-0.25, -0.2) is 0 Å². The summed E-state index contributed by atoms with van der Waals surface area (Å²) in [6.45, 7) is 14.9. The summed E-state index contributed by atoms with van der Waals surface area (Å²) < 4.78 is 0. The van der Waals surface area contributed by atoms with E-state index in [0.717, 1.165) is 24.2 Å². The number of phenols is 1. The number of nitrogens with one attached hydrogen (secondary N) is 1. The molecular formula is C21H34N2O. The van der Waals surface area contributed by atoms with Gasteiger partial charge in [-0.05, 0) is 41.8 Å². The summed E-state index contributed by atoms with van der Waals surface area (Å²) in [5, 5.41) is 14.3. The second kappa shape index (κ2) is 7.26. The lowest BCUT2D eigenvalue weighted by Gasteiger charge is -2.27. The van der Waals surface area contributed by atoms with Gasteiger partial charge in [-0.2, -0.15) is 0 Å². The van der Waals surface area contributed by atoms with Crippen LogP contribution in [0.5, 0.6) is 5.75 Å². The van der Waals surface area contributed by atoms with E-state index >= 15 is 0 Å². The molecular weight excluding hydrogens is 296 g/mol. The first-order valence-corrected chi connectivity index (χ1v) is 9.20. The molecule has 3 nitrogen and oxygen atoms in total. The van der Waals surface area contributed by atoms with E-state index in [9.17, 15) is 5.11 Å². The average Bonchev–Trinajstić information content (AvgIpc) is 2.47. The van der Waals surface area contributed by atoms with Crippen LogP contribution in [0.25, 0.3) is 0 Å². The number of rotatable bonds is 3. The highest BCUT2D eigenvalue weighted by Gasteiger charge is 2.24. The highest BCUT2D eigenvalue weighted by molar-refractivity contribution is 5.85. The van der Waals surface area contributed by atoms with Gasteiger partial charge in [0.05, 0.1) is 6.54 Å². The van der Waals surface area contributed by atoms with Gasteiger partial charge in [0.2, 0.25) is 0 Å². The summed E-state index contributed by atoms with van der Waals surface area (Å²) in [4.78, 5) is 4.62. The topological polar surface area (TPSA) is 44.6 Å². The van der Waals surface area contributed by atoms with Crippen LogP contribution in [0, 0.1) is 0 Å². The van der Waals surface area contributed by atoms with Crippen LogP contribution in [0.2, 0.25) is 0 Å². The van der Waals surface area contributed by atoms with Crippen LogP contribution in [0.3, 0.4) is 0 Å². The minimum atomic E-state index is -0.0984. The van der Waals surface area contributed by atoms with Crippen LogP contribution >= 0.6 is 0 Å². The Kier molecular flexibility index (Phi) is 5.74. The number of hydrogen-bond donors (Lipinski definition) is 2. The zero-order chi connectivity index (χ0) is 18.0. The Labute approximate surface area is 147 Å². The second-order valence-corrected chi connectivity index (χ2v) is 9.10. The Morgan fingerprint density at radius 3 is 2.38 bits per heavy atom. The fraction of sp³-hybridized carbons (Fsp3) is 0.667. The molecule has 0 saturated carbocycles. The third-order valence-corrected chi connectivity index (χ3v) is 4.78. The van der Waals surface area contributed by atoms with Crippen molar-refractivity contribution in [2.45, 2.75) is 77.7 Å². The van der Waals surface area contributed by atoms with Crippen molar-refractivity contribution in [3.05, 3.63) is 28.8 Å². The van der Waals surface area contributed by atoms with Crippen molar-refractivity contribution in [3.63, 3.8) is 0 Å². The average molecular weight is 331 g/mol. The quantitative estimate of drug-likeness (QED) is 0.799. The summed E-state index contributed by atoms with van der Waals surface area (Å²) in [7, 11) is 0. The molecule has 0 spiro atoms. The summed E-state index contributed by atoms with van der Waals surface area (Å²) in [6.07, 6.45) is 5.60. The van der Waals surface area contributed by atoms with Crippen molar-refractivity contribution in [2.75, 3.05) is 13.1 Å². The molecule has 0 amide bonds. The maximum absolute atomic E-state index is 10.7. The molecule has 0 radical (unpaired) electrons. The van der Waals surface area contributed by atoms with Gasteiger partial charge >= 0.3 is 0 Å². The molecule has 0 aromatic heterocycles. The first-order chi connectivity index (χ1) is 11.1. The molecule has 1 atom stereocenters. The fourth-order valence-corrected chi connectivity index (χ4v) is 3.12. The SMILES string of the molecule is CC(C)(C)c1cc(C=NC[C@H]2CCCCN2)c(O)c(C(C)(C)C)c1. The highest BCUT2D eigenvalue weighted by Crippen LogP contribution is 2.37. The van der Waals surface area contributed by atoms with Crippen LogP contribution in [0.4, 0.5) is 0 Å². The number of phenolic OH excluding ortho intramolecular Hbond substituents is 1. The molecule has 3 heteroatoms.